The van der Waals surface area contributed by atoms with Gasteiger partial charge in [-0.25, -0.2) is 0 Å². The standard InChI is InChI=1S/C18H22/c1-4-16-9-10-18(15(3)13-16)12-11-17-8-6-5-7-14(17)2/h5-10,13H,4,11-12H2,1-3H3. The van der Waals surface area contributed by atoms with E-state index >= 15 is 0 Å². The molecular formula is C18H22. The lowest BCUT2D eigenvalue weighted by Crippen LogP contribution is -1.97. The van der Waals surface area contributed by atoms with E-state index in [1.165, 1.54) is 27.8 Å². The second-order valence-electron chi connectivity index (χ2n) is 5.04. The van der Waals surface area contributed by atoms with E-state index in [1.54, 1.807) is 0 Å². The number of benzene rings is 2. The molecule has 18 heavy (non-hydrogen) atoms. The number of hydrogen-bond acceptors (Lipinski definition) is 0. The minimum absolute atomic E-state index is 1.12. The third-order valence-corrected chi connectivity index (χ3v) is 3.74. The Bertz CT molecular complexity index is 523. The molecule has 0 amide bonds. The average molecular weight is 238 g/mol. The molecule has 2 aromatic rings. The molecule has 0 aliphatic heterocycles. The van der Waals surface area contributed by atoms with E-state index in [0.717, 1.165) is 19.3 Å². The molecule has 0 saturated heterocycles. The summed E-state index contributed by atoms with van der Waals surface area (Å²) in [6, 6.07) is 15.6. The summed E-state index contributed by atoms with van der Waals surface area (Å²) < 4.78 is 0. The minimum Gasteiger partial charge on any atom is -0.0620 e. The highest BCUT2D eigenvalue weighted by atomic mass is 14.1. The van der Waals surface area contributed by atoms with Crippen LogP contribution in [0.4, 0.5) is 0 Å². The Balaban J connectivity index is 2.09. The van der Waals surface area contributed by atoms with Crippen molar-refractivity contribution in [2.75, 3.05) is 0 Å². The van der Waals surface area contributed by atoms with E-state index in [0.29, 0.717) is 0 Å². The van der Waals surface area contributed by atoms with Gasteiger partial charge < -0.3 is 0 Å². The molecule has 2 rings (SSSR count). The second kappa shape index (κ2) is 5.86. The van der Waals surface area contributed by atoms with Gasteiger partial charge in [-0.15, -0.1) is 0 Å². The summed E-state index contributed by atoms with van der Waals surface area (Å²) in [5, 5.41) is 0. The molecule has 0 spiro atoms. The fourth-order valence-electron chi connectivity index (χ4n) is 2.42. The van der Waals surface area contributed by atoms with Crippen molar-refractivity contribution in [3.8, 4) is 0 Å². The first-order valence-electron chi connectivity index (χ1n) is 6.83. The van der Waals surface area contributed by atoms with Gasteiger partial charge in [-0.1, -0.05) is 49.4 Å². The van der Waals surface area contributed by atoms with Crippen molar-refractivity contribution in [3.05, 3.63) is 70.3 Å². The molecule has 0 heteroatoms. The maximum Gasteiger partial charge on any atom is -0.0236 e. The highest BCUT2D eigenvalue weighted by Gasteiger charge is 2.02. The third-order valence-electron chi connectivity index (χ3n) is 3.74. The zero-order chi connectivity index (χ0) is 13.0. The van der Waals surface area contributed by atoms with Gasteiger partial charge >= 0.3 is 0 Å². The quantitative estimate of drug-likeness (QED) is 0.727. The van der Waals surface area contributed by atoms with Gasteiger partial charge in [0.25, 0.3) is 0 Å². The van der Waals surface area contributed by atoms with E-state index in [1.807, 2.05) is 0 Å². The van der Waals surface area contributed by atoms with Gasteiger partial charge in [0.2, 0.25) is 0 Å². The van der Waals surface area contributed by atoms with Gasteiger partial charge in [-0.3, -0.25) is 0 Å². The predicted octanol–water partition coefficient (Wildman–Crippen LogP) is 4.65. The normalized spacial score (nSPS) is 10.6. The van der Waals surface area contributed by atoms with Crippen LogP contribution in [0, 0.1) is 13.8 Å². The molecule has 0 saturated carbocycles. The molecule has 94 valence electrons. The molecule has 0 atom stereocenters. The SMILES string of the molecule is CCc1ccc(CCc2ccccc2C)c(C)c1. The smallest absolute Gasteiger partial charge is 0.0236 e. The van der Waals surface area contributed by atoms with E-state index in [2.05, 4.69) is 63.2 Å². The monoisotopic (exact) mass is 238 g/mol. The number of rotatable bonds is 4. The van der Waals surface area contributed by atoms with Crippen molar-refractivity contribution in [1.29, 1.82) is 0 Å². The largest absolute Gasteiger partial charge is 0.0620 e. The van der Waals surface area contributed by atoms with Crippen molar-refractivity contribution in [2.45, 2.75) is 40.0 Å². The van der Waals surface area contributed by atoms with Crippen LogP contribution in [0.1, 0.15) is 34.7 Å². The van der Waals surface area contributed by atoms with Crippen LogP contribution < -0.4 is 0 Å². The zero-order valence-electron chi connectivity index (χ0n) is 11.7. The first-order chi connectivity index (χ1) is 8.70. The summed E-state index contributed by atoms with van der Waals surface area (Å²) >= 11 is 0. The molecular weight excluding hydrogens is 216 g/mol. The third kappa shape index (κ3) is 3.01. The summed E-state index contributed by atoms with van der Waals surface area (Å²) in [5.74, 6) is 0. The number of hydrogen-bond donors (Lipinski definition) is 0. The predicted molar refractivity (Wildman–Crippen MR) is 79.1 cm³/mol. The van der Waals surface area contributed by atoms with Gasteiger partial charge in [0.1, 0.15) is 0 Å². The van der Waals surface area contributed by atoms with E-state index in [4.69, 9.17) is 0 Å². The highest BCUT2D eigenvalue weighted by molar-refractivity contribution is 5.33. The Morgan fingerprint density at radius 2 is 1.44 bits per heavy atom. The van der Waals surface area contributed by atoms with Crippen LogP contribution in [-0.4, -0.2) is 0 Å². The van der Waals surface area contributed by atoms with E-state index in [-0.39, 0.29) is 0 Å². The minimum atomic E-state index is 1.12. The average Bonchev–Trinajstić information content (AvgIpc) is 2.39. The van der Waals surface area contributed by atoms with Gasteiger partial charge in [-0.2, -0.15) is 0 Å². The molecule has 0 aliphatic rings. The molecule has 0 N–H and O–H groups in total. The van der Waals surface area contributed by atoms with Crippen molar-refractivity contribution >= 4 is 0 Å². The molecule has 0 aromatic heterocycles. The molecule has 0 heterocycles. The summed E-state index contributed by atoms with van der Waals surface area (Å²) in [5.41, 5.74) is 7.22. The highest BCUT2D eigenvalue weighted by Crippen LogP contribution is 2.16. The summed E-state index contributed by atoms with van der Waals surface area (Å²) in [7, 11) is 0. The Labute approximate surface area is 111 Å². The molecule has 0 fully saturated rings. The van der Waals surface area contributed by atoms with Gasteiger partial charge in [-0.05, 0) is 60.9 Å². The fraction of sp³-hybridized carbons (Fsp3) is 0.333. The van der Waals surface area contributed by atoms with Crippen molar-refractivity contribution < 1.29 is 0 Å². The lowest BCUT2D eigenvalue weighted by molar-refractivity contribution is 0.935. The van der Waals surface area contributed by atoms with E-state index < -0.39 is 0 Å². The van der Waals surface area contributed by atoms with Crippen LogP contribution >= 0.6 is 0 Å². The summed E-state index contributed by atoms with van der Waals surface area (Å²) in [6.45, 7) is 6.64. The first-order valence-corrected chi connectivity index (χ1v) is 6.83. The van der Waals surface area contributed by atoms with Gasteiger partial charge in [0.05, 0.1) is 0 Å². The van der Waals surface area contributed by atoms with Crippen molar-refractivity contribution in [3.63, 3.8) is 0 Å². The lowest BCUT2D eigenvalue weighted by Gasteiger charge is -2.09. The lowest BCUT2D eigenvalue weighted by atomic mass is 9.96. The molecule has 0 bridgehead atoms. The van der Waals surface area contributed by atoms with Crippen LogP contribution in [0.3, 0.4) is 0 Å². The topological polar surface area (TPSA) is 0 Å². The second-order valence-corrected chi connectivity index (χ2v) is 5.04. The molecule has 0 unspecified atom stereocenters. The summed E-state index contributed by atoms with van der Waals surface area (Å²) in [4.78, 5) is 0. The maximum absolute atomic E-state index is 2.33. The van der Waals surface area contributed by atoms with Crippen LogP contribution in [-0.2, 0) is 19.3 Å². The Morgan fingerprint density at radius 3 is 2.06 bits per heavy atom. The van der Waals surface area contributed by atoms with Crippen LogP contribution in [0.25, 0.3) is 0 Å². The van der Waals surface area contributed by atoms with Crippen LogP contribution in [0.15, 0.2) is 42.5 Å². The molecule has 2 aromatic carbocycles. The van der Waals surface area contributed by atoms with Crippen molar-refractivity contribution in [2.24, 2.45) is 0 Å². The molecule has 0 nitrogen and oxygen atoms in total. The van der Waals surface area contributed by atoms with Crippen molar-refractivity contribution in [1.82, 2.24) is 0 Å². The molecule has 0 radical (unpaired) electrons. The van der Waals surface area contributed by atoms with Gasteiger partial charge in [0.15, 0.2) is 0 Å². The zero-order valence-corrected chi connectivity index (χ0v) is 11.7. The Hall–Kier alpha value is -1.56. The van der Waals surface area contributed by atoms with Crippen LogP contribution in [0.2, 0.25) is 0 Å². The van der Waals surface area contributed by atoms with Crippen LogP contribution in [0.5, 0.6) is 0 Å². The Morgan fingerprint density at radius 1 is 0.778 bits per heavy atom. The fourth-order valence-corrected chi connectivity index (χ4v) is 2.42. The Kier molecular flexibility index (Phi) is 4.19. The first kappa shape index (κ1) is 12.9. The van der Waals surface area contributed by atoms with E-state index in [9.17, 15) is 0 Å². The number of aryl methyl sites for hydroxylation is 5. The molecule has 0 aliphatic carbocycles. The summed E-state index contributed by atoms with van der Waals surface area (Å²) in [6.07, 6.45) is 3.40. The van der Waals surface area contributed by atoms with Gasteiger partial charge in [0, 0.05) is 0 Å². The maximum atomic E-state index is 2.33.